The summed E-state index contributed by atoms with van der Waals surface area (Å²) < 4.78 is 2.42. The Morgan fingerprint density at radius 2 is 1.50 bits per heavy atom. The molecular formula is C33H37N3. The van der Waals surface area contributed by atoms with E-state index >= 15 is 0 Å². The number of nitrogens with two attached hydrogens (primary N) is 1. The molecule has 3 nitrogen and oxygen atoms in total. The van der Waals surface area contributed by atoms with Gasteiger partial charge in [0.1, 0.15) is 0 Å². The van der Waals surface area contributed by atoms with Gasteiger partial charge in [0.05, 0.1) is 0 Å². The largest absolute Gasteiger partial charge is 0.399 e. The van der Waals surface area contributed by atoms with E-state index in [1.54, 1.807) is 0 Å². The van der Waals surface area contributed by atoms with Gasteiger partial charge in [0, 0.05) is 53.7 Å². The van der Waals surface area contributed by atoms with Gasteiger partial charge < -0.3 is 15.2 Å². The topological polar surface area (TPSA) is 34.2 Å². The molecule has 0 unspecified atom stereocenters. The average Bonchev–Trinajstić information content (AvgIpc) is 3.21. The van der Waals surface area contributed by atoms with Crippen LogP contribution in [-0.4, -0.2) is 16.5 Å². The lowest BCUT2D eigenvalue weighted by Gasteiger charge is -2.22. The predicted octanol–water partition coefficient (Wildman–Crippen LogP) is 7.32. The van der Waals surface area contributed by atoms with Gasteiger partial charge in [-0.2, -0.15) is 0 Å². The summed E-state index contributed by atoms with van der Waals surface area (Å²) >= 11 is 0. The molecule has 0 saturated heterocycles. The number of allylic oxidation sites excluding steroid dienone is 2. The van der Waals surface area contributed by atoms with Crippen LogP contribution in [0.4, 0.5) is 0 Å². The Morgan fingerprint density at radius 1 is 0.861 bits per heavy atom. The molecule has 4 aromatic rings. The zero-order valence-electron chi connectivity index (χ0n) is 21.6. The first-order valence-electron chi connectivity index (χ1n) is 12.6. The summed E-state index contributed by atoms with van der Waals surface area (Å²) in [5.41, 5.74) is 16.1. The second-order valence-electron chi connectivity index (χ2n) is 9.47. The maximum absolute atomic E-state index is 6.21. The van der Waals surface area contributed by atoms with E-state index in [0.29, 0.717) is 5.70 Å². The average molecular weight is 476 g/mol. The van der Waals surface area contributed by atoms with Gasteiger partial charge in [-0.15, -0.1) is 0 Å². The van der Waals surface area contributed by atoms with Gasteiger partial charge in [0.25, 0.3) is 0 Å². The fraction of sp³-hybridized carbons (Fsp3) is 0.212. The molecule has 0 fully saturated rings. The predicted molar refractivity (Wildman–Crippen MR) is 155 cm³/mol. The molecule has 4 rings (SSSR count). The van der Waals surface area contributed by atoms with E-state index in [1.807, 2.05) is 0 Å². The van der Waals surface area contributed by atoms with E-state index in [4.69, 9.17) is 5.73 Å². The Hall–Kier alpha value is -3.98. The third-order valence-corrected chi connectivity index (χ3v) is 6.98. The molecule has 1 aromatic heterocycles. The number of benzene rings is 3. The van der Waals surface area contributed by atoms with Crippen molar-refractivity contribution in [3.05, 3.63) is 138 Å². The highest BCUT2D eigenvalue weighted by Crippen LogP contribution is 2.37. The van der Waals surface area contributed by atoms with Crippen molar-refractivity contribution in [1.82, 2.24) is 9.47 Å². The fourth-order valence-electron chi connectivity index (χ4n) is 4.97. The van der Waals surface area contributed by atoms with Crippen LogP contribution in [0.15, 0.2) is 110 Å². The zero-order valence-corrected chi connectivity index (χ0v) is 21.6. The van der Waals surface area contributed by atoms with Crippen molar-refractivity contribution >= 4 is 16.5 Å². The lowest BCUT2D eigenvalue weighted by Crippen LogP contribution is -2.17. The number of rotatable bonds is 11. The Kier molecular flexibility index (Phi) is 7.80. The first-order chi connectivity index (χ1) is 17.4. The summed E-state index contributed by atoms with van der Waals surface area (Å²) in [7, 11) is 2.12. The molecule has 0 aliphatic rings. The summed E-state index contributed by atoms with van der Waals surface area (Å²) in [5, 5.41) is 1.24. The van der Waals surface area contributed by atoms with Crippen LogP contribution in [-0.2, 0) is 25.9 Å². The number of fused-ring (bicyclic) bond motifs is 1. The number of hydrogen-bond acceptors (Lipinski definition) is 2. The third-order valence-electron chi connectivity index (χ3n) is 6.98. The molecule has 0 radical (unpaired) electrons. The lowest BCUT2D eigenvalue weighted by molar-refractivity contribution is 0.397. The minimum Gasteiger partial charge on any atom is -0.399 e. The summed E-state index contributed by atoms with van der Waals surface area (Å²) in [6, 6.07) is 27.7. The summed E-state index contributed by atoms with van der Waals surface area (Å²) in [4.78, 5) is 2.25. The minimum atomic E-state index is 0.519. The van der Waals surface area contributed by atoms with Crippen LogP contribution in [0.1, 0.15) is 41.3 Å². The Morgan fingerprint density at radius 3 is 2.11 bits per heavy atom. The van der Waals surface area contributed by atoms with Crippen LogP contribution in [0, 0.1) is 0 Å². The van der Waals surface area contributed by atoms with Crippen LogP contribution < -0.4 is 5.73 Å². The number of nitrogens with zero attached hydrogens (tertiary/aromatic N) is 2. The molecule has 2 N–H and O–H groups in total. The van der Waals surface area contributed by atoms with Gasteiger partial charge >= 0.3 is 0 Å². The fourth-order valence-corrected chi connectivity index (χ4v) is 4.97. The molecule has 0 bridgehead atoms. The number of hydrogen-bond donors (Lipinski definition) is 1. The molecule has 1 heterocycles. The molecule has 36 heavy (non-hydrogen) atoms. The van der Waals surface area contributed by atoms with Crippen molar-refractivity contribution in [2.24, 2.45) is 5.73 Å². The van der Waals surface area contributed by atoms with E-state index in [1.165, 1.54) is 33.3 Å². The maximum atomic E-state index is 6.21. The van der Waals surface area contributed by atoms with Crippen molar-refractivity contribution in [2.75, 3.05) is 7.05 Å². The second-order valence-corrected chi connectivity index (χ2v) is 9.47. The van der Waals surface area contributed by atoms with Crippen molar-refractivity contribution in [3.63, 3.8) is 0 Å². The highest BCUT2D eigenvalue weighted by Gasteiger charge is 2.21. The van der Waals surface area contributed by atoms with Crippen LogP contribution >= 0.6 is 0 Å². The lowest BCUT2D eigenvalue weighted by atomic mass is 9.95. The molecule has 0 aliphatic heterocycles. The van der Waals surface area contributed by atoms with Crippen LogP contribution in [0.3, 0.4) is 0 Å². The third kappa shape index (κ3) is 5.31. The molecule has 3 aromatic carbocycles. The molecule has 0 aliphatic carbocycles. The van der Waals surface area contributed by atoms with Crippen molar-refractivity contribution in [1.29, 1.82) is 0 Å². The molecule has 184 valence electrons. The highest BCUT2D eigenvalue weighted by molar-refractivity contribution is 6.00. The van der Waals surface area contributed by atoms with Crippen molar-refractivity contribution in [3.8, 4) is 0 Å². The number of aryl methyl sites for hydroxylation is 1. The van der Waals surface area contributed by atoms with Crippen LogP contribution in [0.25, 0.3) is 16.5 Å². The van der Waals surface area contributed by atoms with Crippen molar-refractivity contribution < 1.29 is 0 Å². The van der Waals surface area contributed by atoms with Gasteiger partial charge in [0.2, 0.25) is 0 Å². The Balaban J connectivity index is 1.70. The van der Waals surface area contributed by atoms with Crippen LogP contribution in [0.2, 0.25) is 0 Å². The SMILES string of the molecule is C=C(N)C(=C)c1c(CC)n(Cc2ccccc2)c2cccc(CCC(=C)N(C)Cc3ccccc3)c12. The molecule has 3 heteroatoms. The summed E-state index contributed by atoms with van der Waals surface area (Å²) in [6.07, 6.45) is 2.66. The van der Waals surface area contributed by atoms with E-state index < -0.39 is 0 Å². The van der Waals surface area contributed by atoms with Crippen molar-refractivity contribution in [2.45, 2.75) is 39.3 Å². The zero-order chi connectivity index (χ0) is 25.7. The standard InChI is InChI=1S/C33H37N3/c1-6-30-32(25(3)26(4)34)33-29(21-20-24(2)35(5)22-27-14-9-7-10-15-27)18-13-19-31(33)36(30)23-28-16-11-8-12-17-28/h7-19H,2-4,6,20-23,34H2,1,5H3. The van der Waals surface area contributed by atoms with E-state index in [-0.39, 0.29) is 0 Å². The molecular weight excluding hydrogens is 438 g/mol. The minimum absolute atomic E-state index is 0.519. The van der Waals surface area contributed by atoms with Gasteiger partial charge in [-0.1, -0.05) is 99.5 Å². The van der Waals surface area contributed by atoms with Gasteiger partial charge in [-0.25, -0.2) is 0 Å². The quantitative estimate of drug-likeness (QED) is 0.231. The van der Waals surface area contributed by atoms with Gasteiger partial charge in [-0.3, -0.25) is 0 Å². The molecule has 0 saturated carbocycles. The molecule has 0 atom stereocenters. The van der Waals surface area contributed by atoms with Gasteiger partial charge in [0.15, 0.2) is 0 Å². The van der Waals surface area contributed by atoms with E-state index in [2.05, 4.69) is 122 Å². The second kappa shape index (κ2) is 11.2. The Labute approximate surface area is 215 Å². The highest BCUT2D eigenvalue weighted by atomic mass is 15.1. The normalized spacial score (nSPS) is 10.9. The summed E-state index contributed by atoms with van der Waals surface area (Å²) in [5.74, 6) is 0. The first kappa shape index (κ1) is 25.1. The molecule has 0 spiro atoms. The monoisotopic (exact) mass is 475 g/mol. The Bertz CT molecular complexity index is 1380. The smallest absolute Gasteiger partial charge is 0.0494 e. The van der Waals surface area contributed by atoms with Crippen LogP contribution in [0.5, 0.6) is 0 Å². The van der Waals surface area contributed by atoms with E-state index in [0.717, 1.165) is 49.2 Å². The molecule has 0 amide bonds. The number of aromatic nitrogens is 1. The summed E-state index contributed by atoms with van der Waals surface area (Å²) in [6.45, 7) is 16.6. The van der Waals surface area contributed by atoms with Gasteiger partial charge in [-0.05, 0) is 47.6 Å². The maximum Gasteiger partial charge on any atom is 0.0494 e. The van der Waals surface area contributed by atoms with E-state index in [9.17, 15) is 0 Å². The first-order valence-corrected chi connectivity index (χ1v) is 12.6.